The third-order valence-electron chi connectivity index (χ3n) is 5.40. The summed E-state index contributed by atoms with van der Waals surface area (Å²) in [5.41, 5.74) is 3.38. The molecule has 0 N–H and O–H groups in total. The van der Waals surface area contributed by atoms with Crippen molar-refractivity contribution in [2.75, 3.05) is 13.1 Å². The molecule has 0 aromatic heterocycles. The molecule has 4 rings (SSSR count). The summed E-state index contributed by atoms with van der Waals surface area (Å²) in [5, 5.41) is 0. The molecule has 0 spiro atoms. The minimum absolute atomic E-state index is 0.0780. The molecule has 1 saturated heterocycles. The van der Waals surface area contributed by atoms with E-state index < -0.39 is 0 Å². The fourth-order valence-electron chi connectivity index (χ4n) is 3.71. The first-order valence-electron chi connectivity index (χ1n) is 10.1. The molecule has 0 unspecified atom stereocenters. The summed E-state index contributed by atoms with van der Waals surface area (Å²) in [7, 11) is 0. The molecule has 3 aromatic rings. The van der Waals surface area contributed by atoms with Crippen molar-refractivity contribution >= 4 is 6.03 Å². The maximum Gasteiger partial charge on any atom is 0.320 e. The molecular weight excluding hydrogens is 360 g/mol. The molecule has 4 nitrogen and oxygen atoms in total. The van der Waals surface area contributed by atoms with E-state index in [-0.39, 0.29) is 12.1 Å². The van der Waals surface area contributed by atoms with Crippen LogP contribution in [0, 0.1) is 0 Å². The highest BCUT2D eigenvalue weighted by atomic mass is 16.5. The molecule has 0 aliphatic carbocycles. The van der Waals surface area contributed by atoms with Crippen LogP contribution in [0.4, 0.5) is 4.79 Å². The molecule has 4 heteroatoms. The van der Waals surface area contributed by atoms with Gasteiger partial charge in [-0.15, -0.1) is 0 Å². The lowest BCUT2D eigenvalue weighted by Crippen LogP contribution is -2.33. The molecule has 2 amide bonds. The second-order valence-corrected chi connectivity index (χ2v) is 7.41. The SMILES string of the molecule is C[C@@H](c1ccccc1)N1CCN(Cc2cccc(OCc3ccccc3)c2)C1=O. The van der Waals surface area contributed by atoms with Gasteiger partial charge in [0.15, 0.2) is 0 Å². The van der Waals surface area contributed by atoms with Gasteiger partial charge in [-0.1, -0.05) is 72.8 Å². The number of hydrogen-bond acceptors (Lipinski definition) is 2. The normalized spacial score (nSPS) is 14.9. The third kappa shape index (κ3) is 4.60. The third-order valence-corrected chi connectivity index (χ3v) is 5.40. The second kappa shape index (κ2) is 8.82. The zero-order valence-corrected chi connectivity index (χ0v) is 16.7. The Morgan fingerprint density at radius 1 is 0.862 bits per heavy atom. The summed E-state index contributed by atoms with van der Waals surface area (Å²) in [6.45, 7) is 4.72. The fraction of sp³-hybridized carbons (Fsp3) is 0.240. The highest BCUT2D eigenvalue weighted by Gasteiger charge is 2.32. The van der Waals surface area contributed by atoms with E-state index in [1.165, 1.54) is 5.56 Å². The lowest BCUT2D eigenvalue weighted by Gasteiger charge is -2.25. The van der Waals surface area contributed by atoms with E-state index in [4.69, 9.17) is 4.74 Å². The van der Waals surface area contributed by atoms with Crippen LogP contribution >= 0.6 is 0 Å². The van der Waals surface area contributed by atoms with E-state index in [2.05, 4.69) is 31.2 Å². The number of benzene rings is 3. The highest BCUT2D eigenvalue weighted by Crippen LogP contribution is 2.26. The largest absolute Gasteiger partial charge is 0.489 e. The average molecular weight is 386 g/mol. The van der Waals surface area contributed by atoms with E-state index in [1.54, 1.807) is 0 Å². The number of hydrogen-bond donors (Lipinski definition) is 0. The molecule has 0 radical (unpaired) electrons. The second-order valence-electron chi connectivity index (χ2n) is 7.41. The molecule has 0 saturated carbocycles. The van der Waals surface area contributed by atoms with Crippen molar-refractivity contribution in [3.05, 3.63) is 102 Å². The quantitative estimate of drug-likeness (QED) is 0.554. The molecule has 1 aliphatic rings. The van der Waals surface area contributed by atoms with Crippen molar-refractivity contribution in [3.8, 4) is 5.75 Å². The summed E-state index contributed by atoms with van der Waals surface area (Å²) in [5.74, 6) is 0.826. The predicted octanol–water partition coefficient (Wildman–Crippen LogP) is 5.26. The Balaban J connectivity index is 1.37. The molecule has 0 bridgehead atoms. The Morgan fingerprint density at radius 2 is 1.55 bits per heavy atom. The van der Waals surface area contributed by atoms with Crippen LogP contribution in [-0.4, -0.2) is 28.9 Å². The van der Waals surface area contributed by atoms with Crippen LogP contribution in [0.2, 0.25) is 0 Å². The van der Waals surface area contributed by atoms with E-state index in [9.17, 15) is 4.79 Å². The van der Waals surface area contributed by atoms with E-state index in [0.29, 0.717) is 13.2 Å². The molecule has 1 fully saturated rings. The van der Waals surface area contributed by atoms with Crippen LogP contribution in [-0.2, 0) is 13.2 Å². The maximum atomic E-state index is 12.9. The van der Waals surface area contributed by atoms with Gasteiger partial charge in [0.25, 0.3) is 0 Å². The molecule has 3 aromatic carbocycles. The van der Waals surface area contributed by atoms with Crippen molar-refractivity contribution < 1.29 is 9.53 Å². The number of rotatable bonds is 7. The van der Waals surface area contributed by atoms with E-state index in [0.717, 1.165) is 30.0 Å². The lowest BCUT2D eigenvalue weighted by molar-refractivity contribution is 0.179. The zero-order valence-electron chi connectivity index (χ0n) is 16.7. The number of urea groups is 1. The van der Waals surface area contributed by atoms with Gasteiger partial charge < -0.3 is 14.5 Å². The number of nitrogens with zero attached hydrogens (tertiary/aromatic N) is 2. The lowest BCUT2D eigenvalue weighted by atomic mass is 10.1. The molecule has 1 heterocycles. The Morgan fingerprint density at radius 3 is 2.31 bits per heavy atom. The first kappa shape index (κ1) is 19.1. The predicted molar refractivity (Wildman–Crippen MR) is 115 cm³/mol. The van der Waals surface area contributed by atoms with Crippen LogP contribution in [0.5, 0.6) is 5.75 Å². The zero-order chi connectivity index (χ0) is 20.1. The Labute approximate surface area is 172 Å². The van der Waals surface area contributed by atoms with Gasteiger partial charge in [-0.3, -0.25) is 0 Å². The number of amides is 2. The van der Waals surface area contributed by atoms with Gasteiger partial charge in [0, 0.05) is 19.6 Å². The van der Waals surface area contributed by atoms with Crippen molar-refractivity contribution in [1.29, 1.82) is 0 Å². The molecule has 148 valence electrons. The highest BCUT2D eigenvalue weighted by molar-refractivity contribution is 5.77. The number of carbonyl (C=O) groups excluding carboxylic acids is 1. The van der Waals surface area contributed by atoms with Gasteiger partial charge in [-0.05, 0) is 35.7 Å². The first-order valence-corrected chi connectivity index (χ1v) is 10.1. The molecule has 1 aliphatic heterocycles. The summed E-state index contributed by atoms with van der Waals surface area (Å²) in [6, 6.07) is 28.5. The Hall–Kier alpha value is -3.27. The van der Waals surface area contributed by atoms with Crippen LogP contribution in [0.3, 0.4) is 0 Å². The summed E-state index contributed by atoms with van der Waals surface area (Å²) in [6.07, 6.45) is 0. The van der Waals surface area contributed by atoms with Gasteiger partial charge in [-0.25, -0.2) is 4.79 Å². The fourth-order valence-corrected chi connectivity index (χ4v) is 3.71. The topological polar surface area (TPSA) is 32.8 Å². The van der Waals surface area contributed by atoms with Gasteiger partial charge in [0.1, 0.15) is 12.4 Å². The monoisotopic (exact) mass is 386 g/mol. The van der Waals surface area contributed by atoms with Crippen molar-refractivity contribution in [2.45, 2.75) is 26.1 Å². The van der Waals surface area contributed by atoms with Crippen LogP contribution in [0.25, 0.3) is 0 Å². The van der Waals surface area contributed by atoms with Crippen LogP contribution < -0.4 is 4.74 Å². The van der Waals surface area contributed by atoms with Gasteiger partial charge >= 0.3 is 6.03 Å². The van der Waals surface area contributed by atoms with Crippen LogP contribution in [0.1, 0.15) is 29.7 Å². The minimum Gasteiger partial charge on any atom is -0.489 e. The standard InChI is InChI=1S/C25H26N2O2/c1-20(23-12-6-3-7-13-23)27-16-15-26(25(27)28)18-22-11-8-14-24(17-22)29-19-21-9-4-2-5-10-21/h2-14,17,20H,15-16,18-19H2,1H3/t20-/m0/s1. The van der Waals surface area contributed by atoms with Crippen molar-refractivity contribution in [2.24, 2.45) is 0 Å². The minimum atomic E-state index is 0.0780. The molecule has 1 atom stereocenters. The summed E-state index contributed by atoms with van der Waals surface area (Å²) >= 11 is 0. The van der Waals surface area contributed by atoms with Gasteiger partial charge in [0.05, 0.1) is 6.04 Å². The summed E-state index contributed by atoms with van der Waals surface area (Å²) < 4.78 is 5.93. The maximum absolute atomic E-state index is 12.9. The number of carbonyl (C=O) groups is 1. The van der Waals surface area contributed by atoms with Gasteiger partial charge in [0.2, 0.25) is 0 Å². The van der Waals surface area contributed by atoms with E-state index in [1.807, 2.05) is 70.5 Å². The van der Waals surface area contributed by atoms with Gasteiger partial charge in [-0.2, -0.15) is 0 Å². The van der Waals surface area contributed by atoms with E-state index >= 15 is 0 Å². The Kier molecular flexibility index (Phi) is 5.80. The first-order chi connectivity index (χ1) is 14.2. The molecule has 29 heavy (non-hydrogen) atoms. The van der Waals surface area contributed by atoms with Crippen LogP contribution in [0.15, 0.2) is 84.9 Å². The molecular formula is C25H26N2O2. The Bertz CT molecular complexity index is 943. The van der Waals surface area contributed by atoms with Crippen molar-refractivity contribution in [3.63, 3.8) is 0 Å². The summed E-state index contributed by atoms with van der Waals surface area (Å²) in [4.78, 5) is 16.8. The van der Waals surface area contributed by atoms with Crippen molar-refractivity contribution in [1.82, 2.24) is 9.80 Å². The smallest absolute Gasteiger partial charge is 0.320 e. The average Bonchev–Trinajstić information content (AvgIpc) is 3.13. The number of ether oxygens (including phenoxy) is 1.